The Morgan fingerprint density at radius 1 is 1.50 bits per heavy atom. The van der Waals surface area contributed by atoms with E-state index in [1.807, 2.05) is 0 Å². The molecule has 0 bridgehead atoms. The van der Waals surface area contributed by atoms with Gasteiger partial charge in [0, 0.05) is 25.2 Å². The maximum atomic E-state index is 11.7. The third kappa shape index (κ3) is 3.18. The number of hydrogen-bond acceptors (Lipinski definition) is 6. The summed E-state index contributed by atoms with van der Waals surface area (Å²) in [6.07, 6.45) is 2.37. The van der Waals surface area contributed by atoms with Gasteiger partial charge in [-0.25, -0.2) is 13.2 Å². The number of allylic oxidation sites excluding steroid dienone is 3. The standard InChI is InChI=1S/C10H11N3O5S.Na/c1-13-7-4-8(14)6(12-10(11)15)2-5(7)3-9(13)19(16,17)18;/h2,4,9H,3H2,1H3,(H2,11,15)(H,16,17,18);/q;+1/p-1/b12-6-;. The molecule has 1 saturated heterocycles. The predicted octanol–water partition coefficient (Wildman–Crippen LogP) is -3.89. The fraction of sp³-hybridized carbons (Fsp3) is 0.300. The van der Waals surface area contributed by atoms with Gasteiger partial charge in [0.05, 0.1) is 0 Å². The van der Waals surface area contributed by atoms with Gasteiger partial charge in [-0.1, -0.05) is 0 Å². The summed E-state index contributed by atoms with van der Waals surface area (Å²) in [5.41, 5.74) is 5.51. The van der Waals surface area contributed by atoms with Crippen LogP contribution in [0.15, 0.2) is 28.4 Å². The summed E-state index contributed by atoms with van der Waals surface area (Å²) in [6, 6.07) is -1.02. The number of likely N-dealkylation sites (N-methyl/N-ethyl adjacent to an activating group) is 1. The summed E-state index contributed by atoms with van der Waals surface area (Å²) in [5, 5.41) is -1.26. The molecule has 8 nitrogen and oxygen atoms in total. The number of fused-ring (bicyclic) bond motifs is 1. The Morgan fingerprint density at radius 2 is 2.10 bits per heavy atom. The molecule has 1 aliphatic heterocycles. The van der Waals surface area contributed by atoms with E-state index in [0.29, 0.717) is 11.3 Å². The molecule has 1 unspecified atom stereocenters. The number of carbonyl (C=O) groups excluding carboxylic acids is 2. The number of nitrogens with two attached hydrogens (primary N) is 1. The van der Waals surface area contributed by atoms with Crippen LogP contribution in [0.5, 0.6) is 0 Å². The molecule has 0 aromatic heterocycles. The quantitative estimate of drug-likeness (QED) is 0.299. The van der Waals surface area contributed by atoms with Crippen LogP contribution in [-0.4, -0.2) is 47.8 Å². The molecule has 1 aliphatic carbocycles. The first-order valence-corrected chi connectivity index (χ1v) is 6.70. The van der Waals surface area contributed by atoms with E-state index < -0.39 is 27.3 Å². The minimum absolute atomic E-state index is 0. The van der Waals surface area contributed by atoms with Crippen molar-refractivity contribution in [2.45, 2.75) is 11.8 Å². The van der Waals surface area contributed by atoms with Crippen LogP contribution in [0, 0.1) is 0 Å². The Hall–Kier alpha value is -1.000. The molecule has 2 amide bonds. The van der Waals surface area contributed by atoms with Gasteiger partial charge < -0.3 is 15.2 Å². The first-order chi connectivity index (χ1) is 8.70. The Morgan fingerprint density at radius 3 is 2.60 bits per heavy atom. The van der Waals surface area contributed by atoms with Crippen molar-refractivity contribution >= 4 is 27.6 Å². The van der Waals surface area contributed by atoms with Crippen molar-refractivity contribution in [3.63, 3.8) is 0 Å². The van der Waals surface area contributed by atoms with Crippen molar-refractivity contribution in [2.24, 2.45) is 10.7 Å². The monoisotopic (exact) mass is 307 g/mol. The molecule has 0 aromatic carbocycles. The minimum Gasteiger partial charge on any atom is -0.746 e. The average Bonchev–Trinajstić information content (AvgIpc) is 2.56. The Balaban J connectivity index is 0.00000200. The number of primary amides is 1. The van der Waals surface area contributed by atoms with Crippen LogP contribution in [0.25, 0.3) is 0 Å². The maximum Gasteiger partial charge on any atom is 1.00 e. The second kappa shape index (κ2) is 5.78. The number of urea groups is 1. The van der Waals surface area contributed by atoms with E-state index in [1.54, 1.807) is 0 Å². The van der Waals surface area contributed by atoms with Crippen molar-refractivity contribution in [1.82, 2.24) is 4.90 Å². The maximum absolute atomic E-state index is 11.7. The summed E-state index contributed by atoms with van der Waals surface area (Å²) in [7, 11) is -3.10. The molecule has 0 aromatic rings. The predicted molar refractivity (Wildman–Crippen MR) is 64.1 cm³/mol. The second-order valence-electron chi connectivity index (χ2n) is 4.16. The Labute approximate surface area is 137 Å². The minimum atomic E-state index is -4.52. The molecule has 0 spiro atoms. The largest absolute Gasteiger partial charge is 1.00 e. The molecular weight excluding hydrogens is 297 g/mol. The first-order valence-electron chi connectivity index (χ1n) is 5.23. The van der Waals surface area contributed by atoms with Crippen LogP contribution < -0.4 is 35.3 Å². The molecule has 2 rings (SSSR count). The van der Waals surface area contributed by atoms with Gasteiger partial charge in [0.1, 0.15) is 21.2 Å². The summed E-state index contributed by atoms with van der Waals surface area (Å²) in [4.78, 5) is 26.9. The molecule has 1 heterocycles. The van der Waals surface area contributed by atoms with E-state index in [0.717, 1.165) is 6.08 Å². The number of rotatable bonds is 1. The SMILES string of the molecule is CN1C2=CC(=O)/C(=N\C(N)=O)C=C2CC1S(=O)(=O)[O-].[Na+]. The van der Waals surface area contributed by atoms with Crippen LogP contribution in [0.3, 0.4) is 0 Å². The zero-order valence-electron chi connectivity index (χ0n) is 10.9. The first kappa shape index (κ1) is 17.1. The van der Waals surface area contributed by atoms with Gasteiger partial charge in [-0.05, 0) is 11.6 Å². The average molecular weight is 307 g/mol. The summed E-state index contributed by atoms with van der Waals surface area (Å²) in [5.74, 6) is -0.562. The number of ketones is 1. The van der Waals surface area contributed by atoms with E-state index in [2.05, 4.69) is 4.99 Å². The molecule has 2 N–H and O–H groups in total. The fourth-order valence-electron chi connectivity index (χ4n) is 2.07. The summed E-state index contributed by atoms with van der Waals surface area (Å²) in [6.45, 7) is 0. The van der Waals surface area contributed by atoms with Crippen molar-refractivity contribution in [2.75, 3.05) is 7.05 Å². The molecular formula is C10H10N3NaO5S. The van der Waals surface area contributed by atoms with E-state index in [9.17, 15) is 22.6 Å². The van der Waals surface area contributed by atoms with Crippen LogP contribution in [0.1, 0.15) is 6.42 Å². The smallest absolute Gasteiger partial charge is 0.746 e. The molecule has 102 valence electrons. The number of hydrogen-bond donors (Lipinski definition) is 1. The normalized spacial score (nSPS) is 23.9. The van der Waals surface area contributed by atoms with Crippen molar-refractivity contribution in [1.29, 1.82) is 0 Å². The van der Waals surface area contributed by atoms with E-state index in [-0.39, 0.29) is 41.7 Å². The van der Waals surface area contributed by atoms with Crippen LogP contribution in [-0.2, 0) is 14.9 Å². The van der Waals surface area contributed by atoms with Gasteiger partial charge in [-0.2, -0.15) is 4.99 Å². The van der Waals surface area contributed by atoms with Gasteiger partial charge in [-0.15, -0.1) is 0 Å². The van der Waals surface area contributed by atoms with Gasteiger partial charge in [-0.3, -0.25) is 4.79 Å². The van der Waals surface area contributed by atoms with Gasteiger partial charge in [0.25, 0.3) is 0 Å². The molecule has 1 atom stereocenters. The van der Waals surface area contributed by atoms with Crippen molar-refractivity contribution in [3.8, 4) is 0 Å². The van der Waals surface area contributed by atoms with Crippen molar-refractivity contribution in [3.05, 3.63) is 23.4 Å². The number of likely N-dealkylation sites (tertiary alicyclic amines) is 1. The summed E-state index contributed by atoms with van der Waals surface area (Å²) < 4.78 is 33.3. The second-order valence-corrected chi connectivity index (χ2v) is 5.69. The van der Waals surface area contributed by atoms with Crippen molar-refractivity contribution < 1.29 is 52.1 Å². The van der Waals surface area contributed by atoms with E-state index in [4.69, 9.17) is 5.73 Å². The Kier molecular flexibility index (Phi) is 4.93. The number of nitrogens with zero attached hydrogens (tertiary/aromatic N) is 2. The number of amides is 2. The Bertz CT molecular complexity index is 664. The molecule has 0 saturated carbocycles. The van der Waals surface area contributed by atoms with Gasteiger partial charge in [0.2, 0.25) is 5.78 Å². The topological polar surface area (TPSA) is 133 Å². The zero-order chi connectivity index (χ0) is 14.4. The van der Waals surface area contributed by atoms with Crippen LogP contribution in [0.4, 0.5) is 4.79 Å². The summed E-state index contributed by atoms with van der Waals surface area (Å²) >= 11 is 0. The van der Waals surface area contributed by atoms with E-state index >= 15 is 0 Å². The molecule has 0 radical (unpaired) electrons. The van der Waals surface area contributed by atoms with Gasteiger partial charge >= 0.3 is 35.6 Å². The molecule has 2 aliphatic rings. The number of aliphatic imine (C=N–C) groups is 1. The molecule has 20 heavy (non-hydrogen) atoms. The molecule has 10 heteroatoms. The fourth-order valence-corrected chi connectivity index (χ4v) is 2.96. The zero-order valence-corrected chi connectivity index (χ0v) is 13.7. The molecule has 1 fully saturated rings. The number of carbonyl (C=O) groups is 2. The van der Waals surface area contributed by atoms with Gasteiger partial charge in [0.15, 0.2) is 0 Å². The third-order valence-corrected chi connectivity index (χ3v) is 4.08. The third-order valence-electron chi connectivity index (χ3n) is 2.93. The van der Waals surface area contributed by atoms with Crippen LogP contribution >= 0.6 is 0 Å². The van der Waals surface area contributed by atoms with Crippen LogP contribution in [0.2, 0.25) is 0 Å². The van der Waals surface area contributed by atoms with E-state index in [1.165, 1.54) is 18.0 Å².